The summed E-state index contributed by atoms with van der Waals surface area (Å²) in [6, 6.07) is -0.907. The number of nitrogens with one attached hydrogen (secondary N) is 1. The third-order valence-electron chi connectivity index (χ3n) is 1.07. The summed E-state index contributed by atoms with van der Waals surface area (Å²) in [7, 11) is -3.64. The lowest BCUT2D eigenvalue weighted by molar-refractivity contribution is 0.221. The highest BCUT2D eigenvalue weighted by molar-refractivity contribution is 7.52. The predicted octanol–water partition coefficient (Wildman–Crippen LogP) is 0.150. The molecule has 0 aromatic carbocycles. The van der Waals surface area contributed by atoms with Crippen LogP contribution in [0, 0.1) is 0 Å². The molecule has 0 heterocycles. The first-order valence-corrected chi connectivity index (χ1v) is 5.74. The van der Waals surface area contributed by atoms with Crippen LogP contribution in [0.4, 0.5) is 4.79 Å². The molecule has 0 aromatic rings. The molecule has 0 saturated carbocycles. The summed E-state index contributed by atoms with van der Waals surface area (Å²) in [6.07, 6.45) is 0. The van der Waals surface area contributed by atoms with Gasteiger partial charge in [0.15, 0.2) is 0 Å². The zero-order chi connectivity index (χ0) is 11.9. The van der Waals surface area contributed by atoms with Crippen LogP contribution in [0.1, 0.15) is 13.8 Å². The minimum atomic E-state index is -3.64. The predicted molar refractivity (Wildman–Crippen MR) is 55.2 cm³/mol. The van der Waals surface area contributed by atoms with Gasteiger partial charge in [-0.15, -0.1) is 4.76 Å². The first kappa shape index (κ1) is 13.9. The minimum absolute atomic E-state index is 0.143. The number of nitrogens with zero attached hydrogens (tertiary/aromatic N) is 1. The quantitative estimate of drug-likeness (QED) is 0.356. The van der Waals surface area contributed by atoms with Crippen molar-refractivity contribution in [3.8, 4) is 0 Å². The highest BCUT2D eigenvalue weighted by Gasteiger charge is 2.23. The van der Waals surface area contributed by atoms with Crippen molar-refractivity contribution < 1.29 is 18.4 Å². The number of hydrogen-bond donors (Lipinski definition) is 3. The second-order valence-electron chi connectivity index (χ2n) is 2.28. The normalized spacial score (nSPS) is 12.5. The number of hydrogen-bond acceptors (Lipinski definition) is 4. The third kappa shape index (κ3) is 6.05. The number of rotatable bonds is 5. The van der Waals surface area contributed by atoms with Gasteiger partial charge in [-0.2, -0.15) is 0 Å². The van der Waals surface area contributed by atoms with Gasteiger partial charge in [0.05, 0.1) is 13.2 Å². The van der Waals surface area contributed by atoms with Crippen LogP contribution >= 0.6 is 7.75 Å². The van der Waals surface area contributed by atoms with Gasteiger partial charge < -0.3 is 11.5 Å². The Labute approximate surface area is 87.6 Å². The summed E-state index contributed by atoms with van der Waals surface area (Å²) < 4.78 is 24.7. The first-order valence-electron chi connectivity index (χ1n) is 4.24. The second kappa shape index (κ2) is 6.39. The Morgan fingerprint density at radius 3 is 2.13 bits per heavy atom. The molecule has 0 unspecified atom stereocenters. The van der Waals surface area contributed by atoms with Gasteiger partial charge in [-0.1, -0.05) is 0 Å². The van der Waals surface area contributed by atoms with E-state index in [1.165, 1.54) is 0 Å². The molecular weight excluding hydrogens is 223 g/mol. The molecule has 2 amide bonds. The molecule has 0 aliphatic rings. The van der Waals surface area contributed by atoms with Gasteiger partial charge in [0, 0.05) is 0 Å². The summed E-state index contributed by atoms with van der Waals surface area (Å²) in [5.74, 6) is -0.410. The van der Waals surface area contributed by atoms with Crippen LogP contribution in [0.25, 0.3) is 0 Å². The molecule has 0 aliphatic heterocycles. The maximum absolute atomic E-state index is 11.7. The monoisotopic (exact) mass is 238 g/mol. The fraction of sp³-hybridized carbons (Fsp3) is 0.667. The van der Waals surface area contributed by atoms with E-state index < -0.39 is 19.7 Å². The number of guanidine groups is 1. The largest absolute Gasteiger partial charge is 0.457 e. The van der Waals surface area contributed by atoms with E-state index in [1.807, 2.05) is 5.32 Å². The van der Waals surface area contributed by atoms with Crippen LogP contribution in [-0.2, 0) is 13.6 Å². The third-order valence-corrected chi connectivity index (χ3v) is 2.70. The number of amides is 2. The topological polar surface area (TPSA) is 129 Å². The minimum Gasteiger partial charge on any atom is -0.369 e. The van der Waals surface area contributed by atoms with Crippen molar-refractivity contribution in [1.82, 2.24) is 5.32 Å². The van der Waals surface area contributed by atoms with Gasteiger partial charge in [-0.3, -0.25) is 14.4 Å². The molecule has 88 valence electrons. The zero-order valence-corrected chi connectivity index (χ0v) is 9.49. The van der Waals surface area contributed by atoms with Crippen molar-refractivity contribution in [3.05, 3.63) is 0 Å². The molecule has 0 fully saturated rings. The Morgan fingerprint density at radius 1 is 1.33 bits per heavy atom. The highest BCUT2D eigenvalue weighted by atomic mass is 31.2. The number of primary amides is 1. The van der Waals surface area contributed by atoms with Crippen molar-refractivity contribution in [2.24, 2.45) is 16.2 Å². The van der Waals surface area contributed by atoms with Crippen LogP contribution in [-0.4, -0.2) is 25.2 Å². The maximum Gasteiger partial charge on any atom is 0.457 e. The molecule has 8 nitrogen and oxygen atoms in total. The molecule has 0 spiro atoms. The van der Waals surface area contributed by atoms with E-state index in [0.717, 1.165) is 0 Å². The lowest BCUT2D eigenvalue weighted by Gasteiger charge is -2.12. The van der Waals surface area contributed by atoms with Crippen molar-refractivity contribution in [2.75, 3.05) is 13.2 Å². The van der Waals surface area contributed by atoms with E-state index in [9.17, 15) is 9.36 Å². The zero-order valence-electron chi connectivity index (χ0n) is 8.60. The van der Waals surface area contributed by atoms with Crippen molar-refractivity contribution in [1.29, 1.82) is 0 Å². The molecule has 0 atom stereocenters. The summed E-state index contributed by atoms with van der Waals surface area (Å²) in [5, 5.41) is 1.95. The van der Waals surface area contributed by atoms with Gasteiger partial charge in [0.1, 0.15) is 0 Å². The van der Waals surface area contributed by atoms with Gasteiger partial charge in [0.2, 0.25) is 5.96 Å². The molecule has 5 N–H and O–H groups in total. The van der Waals surface area contributed by atoms with E-state index >= 15 is 0 Å². The van der Waals surface area contributed by atoms with E-state index in [-0.39, 0.29) is 13.2 Å². The van der Waals surface area contributed by atoms with E-state index in [2.05, 4.69) is 4.76 Å². The molecule has 0 aliphatic carbocycles. The van der Waals surface area contributed by atoms with E-state index in [4.69, 9.17) is 20.5 Å². The van der Waals surface area contributed by atoms with Crippen LogP contribution in [0.3, 0.4) is 0 Å². The van der Waals surface area contributed by atoms with Gasteiger partial charge in [-0.25, -0.2) is 9.36 Å². The smallest absolute Gasteiger partial charge is 0.369 e. The average Bonchev–Trinajstić information content (AvgIpc) is 2.01. The summed E-state index contributed by atoms with van der Waals surface area (Å²) in [6.45, 7) is 3.53. The Hall–Kier alpha value is -1.11. The Balaban J connectivity index is 4.64. The van der Waals surface area contributed by atoms with E-state index in [0.29, 0.717) is 0 Å². The number of carbonyl (C=O) groups excluding carboxylic acids is 1. The fourth-order valence-electron chi connectivity index (χ4n) is 0.704. The van der Waals surface area contributed by atoms with Crippen molar-refractivity contribution >= 4 is 19.7 Å². The number of carbonyl (C=O) groups is 1. The molecule has 0 radical (unpaired) electrons. The molecule has 0 rings (SSSR count). The molecule has 0 bridgehead atoms. The Morgan fingerprint density at radius 2 is 1.80 bits per heavy atom. The van der Waals surface area contributed by atoms with Gasteiger partial charge in [-0.05, 0) is 13.8 Å². The summed E-state index contributed by atoms with van der Waals surface area (Å²) >= 11 is 0. The fourth-order valence-corrected chi connectivity index (χ4v) is 1.86. The SMILES string of the molecule is CCOP(=O)(N=C(N)NC(N)=O)OCC. The summed E-state index contributed by atoms with van der Waals surface area (Å²) in [4.78, 5) is 10.4. The first-order chi connectivity index (χ1) is 6.93. The molecule has 0 aromatic heterocycles. The molecular formula is C6H15N4O4P. The summed E-state index contributed by atoms with van der Waals surface area (Å²) in [5.41, 5.74) is 10.0. The Bertz CT molecular complexity index is 283. The second-order valence-corrected chi connectivity index (χ2v) is 3.93. The van der Waals surface area contributed by atoms with Crippen molar-refractivity contribution in [3.63, 3.8) is 0 Å². The van der Waals surface area contributed by atoms with Crippen LogP contribution in [0.15, 0.2) is 4.76 Å². The van der Waals surface area contributed by atoms with Crippen LogP contribution < -0.4 is 16.8 Å². The lowest BCUT2D eigenvalue weighted by Crippen LogP contribution is -2.40. The van der Waals surface area contributed by atoms with Crippen LogP contribution in [0.5, 0.6) is 0 Å². The standard InChI is InChI=1S/C6H15N4O4P/c1-3-13-15(12,14-4-2)10-5(7)9-6(8)11/h3-4H2,1-2H3,(H5,7,8,9,10,11,12). The lowest BCUT2D eigenvalue weighted by atomic mass is 10.9. The van der Waals surface area contributed by atoms with Gasteiger partial charge in [0.25, 0.3) is 0 Å². The average molecular weight is 238 g/mol. The Kier molecular flexibility index (Phi) is 5.92. The molecule has 15 heavy (non-hydrogen) atoms. The van der Waals surface area contributed by atoms with Crippen molar-refractivity contribution in [2.45, 2.75) is 13.8 Å². The highest BCUT2D eigenvalue weighted by Crippen LogP contribution is 2.49. The van der Waals surface area contributed by atoms with Crippen LogP contribution in [0.2, 0.25) is 0 Å². The molecule has 0 saturated heterocycles. The van der Waals surface area contributed by atoms with E-state index in [1.54, 1.807) is 13.8 Å². The van der Waals surface area contributed by atoms with Gasteiger partial charge >= 0.3 is 13.8 Å². The number of nitrogens with two attached hydrogens (primary N) is 2. The maximum atomic E-state index is 11.7. The molecule has 9 heteroatoms. The number of urea groups is 1.